The number of carbonyl (C=O) groups excluding carboxylic acids is 1. The van der Waals surface area contributed by atoms with Crippen molar-refractivity contribution >= 4 is 17.5 Å². The van der Waals surface area contributed by atoms with Crippen LogP contribution in [0.25, 0.3) is 0 Å². The molecule has 3 aromatic rings. The summed E-state index contributed by atoms with van der Waals surface area (Å²) in [6.07, 6.45) is 6.56. The van der Waals surface area contributed by atoms with Gasteiger partial charge in [-0.2, -0.15) is 5.10 Å². The Morgan fingerprint density at radius 2 is 2.07 bits per heavy atom. The Kier molecular flexibility index (Phi) is 4.77. The monoisotopic (exact) mass is 383 g/mol. The molecule has 1 fully saturated rings. The number of aromatic amines is 1. The van der Waals surface area contributed by atoms with Crippen molar-refractivity contribution in [3.63, 3.8) is 0 Å². The highest BCUT2D eigenvalue weighted by Gasteiger charge is 2.33. The third kappa shape index (κ3) is 3.64. The van der Waals surface area contributed by atoms with Crippen molar-refractivity contribution in [1.29, 1.82) is 0 Å². The van der Waals surface area contributed by atoms with Gasteiger partial charge in [-0.1, -0.05) is 11.6 Å². The molecule has 4 rings (SSSR count). The maximum atomic E-state index is 12.9. The van der Waals surface area contributed by atoms with Gasteiger partial charge in [0.05, 0.1) is 35.9 Å². The summed E-state index contributed by atoms with van der Waals surface area (Å²) in [7, 11) is 0. The van der Waals surface area contributed by atoms with E-state index < -0.39 is 0 Å². The van der Waals surface area contributed by atoms with Crippen LogP contribution in [0.2, 0.25) is 5.02 Å². The smallest absolute Gasteiger partial charge is 0.257 e. The standard InChI is InChI=1S/C19H18ClN5O2/c1-12-15(9-22-24-12)19(26)25-8-2-3-17(25)16-10-21-11-18(23-16)27-14-6-4-13(20)5-7-14/h4-7,9-11,17H,2-3,8H2,1H3,(H,22,24)/t17-/m1/s1. The van der Waals surface area contributed by atoms with E-state index in [0.29, 0.717) is 34.5 Å². The van der Waals surface area contributed by atoms with E-state index in [0.717, 1.165) is 18.5 Å². The number of halogens is 1. The third-order valence-electron chi connectivity index (χ3n) is 4.58. The van der Waals surface area contributed by atoms with Gasteiger partial charge in [0.1, 0.15) is 5.75 Å². The fourth-order valence-electron chi connectivity index (χ4n) is 3.23. The molecule has 0 saturated carbocycles. The van der Waals surface area contributed by atoms with Crippen LogP contribution in [0.4, 0.5) is 0 Å². The van der Waals surface area contributed by atoms with Crippen molar-refractivity contribution in [1.82, 2.24) is 25.1 Å². The number of nitrogens with one attached hydrogen (secondary N) is 1. The molecule has 8 heteroatoms. The Morgan fingerprint density at radius 3 is 2.81 bits per heavy atom. The number of hydrogen-bond acceptors (Lipinski definition) is 5. The van der Waals surface area contributed by atoms with Crippen LogP contribution >= 0.6 is 11.6 Å². The van der Waals surface area contributed by atoms with E-state index in [2.05, 4.69) is 20.2 Å². The van der Waals surface area contributed by atoms with Crippen LogP contribution in [0.1, 0.15) is 40.6 Å². The highest BCUT2D eigenvalue weighted by molar-refractivity contribution is 6.30. The van der Waals surface area contributed by atoms with E-state index in [1.165, 1.54) is 0 Å². The summed E-state index contributed by atoms with van der Waals surface area (Å²) >= 11 is 5.90. The summed E-state index contributed by atoms with van der Waals surface area (Å²) in [5, 5.41) is 7.40. The third-order valence-corrected chi connectivity index (χ3v) is 4.83. The lowest BCUT2D eigenvalue weighted by Crippen LogP contribution is -2.31. The second-order valence-electron chi connectivity index (χ2n) is 6.40. The van der Waals surface area contributed by atoms with E-state index >= 15 is 0 Å². The van der Waals surface area contributed by atoms with Crippen molar-refractivity contribution in [2.75, 3.05) is 6.54 Å². The first-order chi connectivity index (χ1) is 13.1. The van der Waals surface area contributed by atoms with Gasteiger partial charge in [0.2, 0.25) is 5.88 Å². The van der Waals surface area contributed by atoms with Gasteiger partial charge < -0.3 is 9.64 Å². The summed E-state index contributed by atoms with van der Waals surface area (Å²) < 4.78 is 5.77. The summed E-state index contributed by atoms with van der Waals surface area (Å²) in [5.74, 6) is 0.961. The minimum Gasteiger partial charge on any atom is -0.437 e. The Morgan fingerprint density at radius 1 is 1.26 bits per heavy atom. The molecule has 1 aliphatic rings. The SMILES string of the molecule is Cc1[nH]ncc1C(=O)N1CCC[C@@H]1c1cncc(Oc2ccc(Cl)cc2)n1. The minimum atomic E-state index is -0.131. The predicted molar refractivity (Wildman–Crippen MR) is 99.9 cm³/mol. The lowest BCUT2D eigenvalue weighted by Gasteiger charge is -2.24. The second-order valence-corrected chi connectivity index (χ2v) is 6.84. The number of ether oxygens (including phenoxy) is 1. The Hall–Kier alpha value is -2.93. The summed E-state index contributed by atoms with van der Waals surface area (Å²) in [6, 6.07) is 6.90. The molecule has 1 aliphatic heterocycles. The van der Waals surface area contributed by atoms with Crippen molar-refractivity contribution in [3.05, 3.63) is 64.8 Å². The first-order valence-corrected chi connectivity index (χ1v) is 9.06. The number of rotatable bonds is 4. The first kappa shape index (κ1) is 17.5. The van der Waals surface area contributed by atoms with Crippen LogP contribution in [0.3, 0.4) is 0 Å². The van der Waals surface area contributed by atoms with E-state index in [-0.39, 0.29) is 11.9 Å². The fraction of sp³-hybridized carbons (Fsp3) is 0.263. The molecule has 0 spiro atoms. The van der Waals surface area contributed by atoms with Gasteiger partial charge in [0, 0.05) is 17.3 Å². The normalized spacial score (nSPS) is 16.5. The number of carbonyl (C=O) groups is 1. The average molecular weight is 384 g/mol. The highest BCUT2D eigenvalue weighted by atomic mass is 35.5. The van der Waals surface area contributed by atoms with Gasteiger partial charge in [0.15, 0.2) is 0 Å². The van der Waals surface area contributed by atoms with Crippen molar-refractivity contribution in [3.8, 4) is 11.6 Å². The van der Waals surface area contributed by atoms with Crippen molar-refractivity contribution < 1.29 is 9.53 Å². The molecule has 1 amide bonds. The van der Waals surface area contributed by atoms with E-state index in [1.54, 1.807) is 42.9 Å². The number of nitrogens with zero attached hydrogens (tertiary/aromatic N) is 4. The van der Waals surface area contributed by atoms with E-state index in [1.807, 2.05) is 11.8 Å². The molecule has 7 nitrogen and oxygen atoms in total. The number of aryl methyl sites for hydroxylation is 1. The lowest BCUT2D eigenvalue weighted by atomic mass is 10.1. The average Bonchev–Trinajstić information content (AvgIpc) is 3.32. The molecule has 0 unspecified atom stereocenters. The number of amides is 1. The van der Waals surface area contributed by atoms with E-state index in [4.69, 9.17) is 16.3 Å². The van der Waals surface area contributed by atoms with Gasteiger partial charge in [-0.3, -0.25) is 14.9 Å². The largest absolute Gasteiger partial charge is 0.437 e. The highest BCUT2D eigenvalue weighted by Crippen LogP contribution is 2.33. The molecule has 0 aliphatic carbocycles. The number of benzene rings is 1. The summed E-state index contributed by atoms with van der Waals surface area (Å²) in [5.41, 5.74) is 2.06. The second kappa shape index (κ2) is 7.36. The van der Waals surface area contributed by atoms with Gasteiger partial charge in [-0.05, 0) is 44.0 Å². The number of aromatic nitrogens is 4. The van der Waals surface area contributed by atoms with Gasteiger partial charge in [0.25, 0.3) is 5.91 Å². The molecule has 1 saturated heterocycles. The molecule has 138 valence electrons. The zero-order valence-electron chi connectivity index (χ0n) is 14.7. The number of likely N-dealkylation sites (tertiary alicyclic amines) is 1. The molecule has 1 aromatic carbocycles. The van der Waals surface area contributed by atoms with Crippen molar-refractivity contribution in [2.24, 2.45) is 0 Å². The number of H-pyrrole nitrogens is 1. The summed E-state index contributed by atoms with van der Waals surface area (Å²) in [6.45, 7) is 2.52. The maximum Gasteiger partial charge on any atom is 0.257 e. The van der Waals surface area contributed by atoms with Crippen LogP contribution in [-0.4, -0.2) is 37.5 Å². The zero-order valence-corrected chi connectivity index (χ0v) is 15.5. The van der Waals surface area contributed by atoms with Crippen LogP contribution in [0.5, 0.6) is 11.6 Å². The number of hydrogen-bond donors (Lipinski definition) is 1. The molecule has 0 bridgehead atoms. The van der Waals surface area contributed by atoms with Gasteiger partial charge in [-0.25, -0.2) is 4.98 Å². The molecule has 1 atom stereocenters. The van der Waals surface area contributed by atoms with Gasteiger partial charge >= 0.3 is 0 Å². The van der Waals surface area contributed by atoms with Gasteiger partial charge in [-0.15, -0.1) is 0 Å². The molecule has 27 heavy (non-hydrogen) atoms. The lowest BCUT2D eigenvalue weighted by molar-refractivity contribution is 0.0731. The van der Waals surface area contributed by atoms with Crippen LogP contribution in [-0.2, 0) is 0 Å². The maximum absolute atomic E-state index is 12.9. The Bertz CT molecular complexity index is 957. The molecular formula is C19H18ClN5O2. The Labute approximate surface area is 161 Å². The summed E-state index contributed by atoms with van der Waals surface area (Å²) in [4.78, 5) is 23.5. The molecule has 1 N–H and O–H groups in total. The minimum absolute atomic E-state index is 0.0467. The molecule has 2 aromatic heterocycles. The molecule has 3 heterocycles. The zero-order chi connectivity index (χ0) is 18.8. The van der Waals surface area contributed by atoms with E-state index in [9.17, 15) is 4.79 Å². The van der Waals surface area contributed by atoms with Crippen LogP contribution in [0, 0.1) is 6.92 Å². The topological polar surface area (TPSA) is 84.0 Å². The molecule has 0 radical (unpaired) electrons. The van der Waals surface area contributed by atoms with Crippen LogP contribution < -0.4 is 4.74 Å². The predicted octanol–water partition coefficient (Wildman–Crippen LogP) is 3.93. The van der Waals surface area contributed by atoms with Crippen molar-refractivity contribution in [2.45, 2.75) is 25.8 Å². The molecular weight excluding hydrogens is 366 g/mol. The Balaban J connectivity index is 1.56. The quantitative estimate of drug-likeness (QED) is 0.737. The first-order valence-electron chi connectivity index (χ1n) is 8.68. The fourth-order valence-corrected chi connectivity index (χ4v) is 3.36. The van der Waals surface area contributed by atoms with Crippen LogP contribution in [0.15, 0.2) is 42.9 Å².